The Morgan fingerprint density at radius 3 is 1.57 bits per heavy atom. The van der Waals surface area contributed by atoms with Crippen molar-refractivity contribution in [1.82, 2.24) is 0 Å². The van der Waals surface area contributed by atoms with Crippen LogP contribution in [-0.4, -0.2) is 61.8 Å². The number of epoxide rings is 8. The lowest BCUT2D eigenvalue weighted by Gasteiger charge is -2.24. The second-order valence-corrected chi connectivity index (χ2v) is 9.69. The van der Waals surface area contributed by atoms with E-state index < -0.39 is 23.1 Å². The smallest absolute Gasteiger partial charge is 0.224 e. The molecular formula is C20H20N2O8. The summed E-state index contributed by atoms with van der Waals surface area (Å²) in [5.41, 5.74) is 18.2. The maximum absolute atomic E-state index is 6.74. The lowest BCUT2D eigenvalue weighted by Crippen LogP contribution is -2.24. The van der Waals surface area contributed by atoms with E-state index in [-0.39, 0.29) is 30.3 Å². The standard InChI is InChI=1S/C20H20N2O8/c1-6-11(21)7(10(15-19(29-15)4-25-19)16-20(30-16)5-26-20)8(13-17(27-13)2-23-17)9(12(6)22)14-18(28-14)3-24-18/h10,13-16H,2-5,21-22H2,1H3. The number of nitrogen functional groups attached to an aromatic ring is 2. The SMILES string of the molecule is Cc1c(N)c(C(C2OC23CO3)C2OC23CO3)c(C2OC23CO3)c(C2OC23CO3)c1N. The Labute approximate surface area is 170 Å². The molecule has 8 heterocycles. The predicted molar refractivity (Wildman–Crippen MR) is 94.9 cm³/mol. The van der Waals surface area contributed by atoms with Gasteiger partial charge in [0.25, 0.3) is 0 Å². The van der Waals surface area contributed by atoms with Crippen molar-refractivity contribution in [1.29, 1.82) is 0 Å². The Hall–Kier alpha value is -1.50. The number of ether oxygens (including phenoxy) is 8. The van der Waals surface area contributed by atoms with E-state index in [2.05, 4.69) is 0 Å². The van der Waals surface area contributed by atoms with Crippen molar-refractivity contribution in [3.63, 3.8) is 0 Å². The Morgan fingerprint density at radius 1 is 0.700 bits per heavy atom. The van der Waals surface area contributed by atoms with Gasteiger partial charge in [-0.25, -0.2) is 0 Å². The Kier molecular flexibility index (Phi) is 2.29. The lowest BCUT2D eigenvalue weighted by atomic mass is 9.79. The van der Waals surface area contributed by atoms with Crippen molar-refractivity contribution < 1.29 is 37.9 Å². The number of benzene rings is 1. The van der Waals surface area contributed by atoms with Crippen molar-refractivity contribution >= 4 is 11.4 Å². The topological polar surface area (TPSA) is 152 Å². The van der Waals surface area contributed by atoms with E-state index in [1.54, 1.807) is 0 Å². The van der Waals surface area contributed by atoms with Crippen LogP contribution in [0.3, 0.4) is 0 Å². The summed E-state index contributed by atoms with van der Waals surface area (Å²) in [5.74, 6) is -2.29. The molecule has 1 aromatic carbocycles. The molecule has 4 spiro atoms. The molecule has 9 rings (SSSR count). The van der Waals surface area contributed by atoms with Crippen molar-refractivity contribution in [3.8, 4) is 0 Å². The Morgan fingerprint density at radius 2 is 1.17 bits per heavy atom. The highest BCUT2D eigenvalue weighted by Crippen LogP contribution is 2.70. The normalized spacial score (nSPS) is 55.2. The first kappa shape index (κ1) is 16.2. The summed E-state index contributed by atoms with van der Waals surface area (Å²) >= 11 is 0. The third kappa shape index (κ3) is 1.78. The molecule has 10 heteroatoms. The second-order valence-electron chi connectivity index (χ2n) is 9.69. The van der Waals surface area contributed by atoms with Crippen LogP contribution >= 0.6 is 0 Å². The van der Waals surface area contributed by atoms with Gasteiger partial charge in [-0.3, -0.25) is 0 Å². The summed E-state index contributed by atoms with van der Waals surface area (Å²) in [6.07, 6.45) is -0.781. The molecule has 8 aliphatic heterocycles. The highest BCUT2D eigenvalue weighted by Gasteiger charge is 2.81. The molecule has 0 amide bonds. The predicted octanol–water partition coefficient (Wildman–Crippen LogP) is 0.0892. The number of anilines is 2. The van der Waals surface area contributed by atoms with Gasteiger partial charge in [-0.1, -0.05) is 0 Å². The molecule has 0 bridgehead atoms. The van der Waals surface area contributed by atoms with Gasteiger partial charge >= 0.3 is 0 Å². The molecule has 8 saturated heterocycles. The van der Waals surface area contributed by atoms with Gasteiger partial charge in [0.15, 0.2) is 0 Å². The van der Waals surface area contributed by atoms with Crippen LogP contribution < -0.4 is 11.5 Å². The van der Waals surface area contributed by atoms with Gasteiger partial charge < -0.3 is 49.4 Å². The minimum absolute atomic E-state index is 0.149. The van der Waals surface area contributed by atoms with Gasteiger partial charge in [-0.15, -0.1) is 0 Å². The van der Waals surface area contributed by atoms with E-state index in [1.165, 1.54) is 0 Å². The zero-order valence-electron chi connectivity index (χ0n) is 16.1. The Bertz CT molecular complexity index is 1050. The molecule has 10 nitrogen and oxygen atoms in total. The molecule has 8 atom stereocenters. The molecule has 0 aromatic heterocycles. The first-order valence-electron chi connectivity index (χ1n) is 10.4. The van der Waals surface area contributed by atoms with E-state index in [9.17, 15) is 0 Å². The Balaban J connectivity index is 1.27. The number of rotatable bonds is 5. The fourth-order valence-electron chi connectivity index (χ4n) is 5.50. The van der Waals surface area contributed by atoms with Crippen molar-refractivity contribution in [3.05, 3.63) is 22.3 Å². The first-order valence-corrected chi connectivity index (χ1v) is 10.4. The summed E-state index contributed by atoms with van der Waals surface area (Å²) in [4.78, 5) is 0. The minimum Gasteiger partial charge on any atom is -0.398 e. The maximum Gasteiger partial charge on any atom is 0.224 e. The highest BCUT2D eigenvalue weighted by atomic mass is 16.9. The van der Waals surface area contributed by atoms with Gasteiger partial charge in [-0.05, 0) is 18.1 Å². The van der Waals surface area contributed by atoms with E-state index in [1.807, 2.05) is 6.92 Å². The zero-order chi connectivity index (χ0) is 19.8. The van der Waals surface area contributed by atoms with Crippen molar-refractivity contribution in [2.45, 2.75) is 60.4 Å². The average Bonchev–Trinajstić information content (AvgIpc) is 3.57. The van der Waals surface area contributed by atoms with Crippen LogP contribution in [0, 0.1) is 6.92 Å². The van der Waals surface area contributed by atoms with E-state index in [4.69, 9.17) is 49.4 Å². The minimum atomic E-state index is -0.564. The van der Waals surface area contributed by atoms with Gasteiger partial charge in [0, 0.05) is 22.5 Å². The summed E-state index contributed by atoms with van der Waals surface area (Å²) in [7, 11) is 0. The quantitative estimate of drug-likeness (QED) is 0.499. The highest BCUT2D eigenvalue weighted by molar-refractivity contribution is 5.76. The van der Waals surface area contributed by atoms with Crippen molar-refractivity contribution in [2.75, 3.05) is 37.9 Å². The van der Waals surface area contributed by atoms with E-state index in [0.29, 0.717) is 37.8 Å². The van der Waals surface area contributed by atoms with Gasteiger partial charge in [0.1, 0.15) is 50.8 Å². The molecular weight excluding hydrogens is 396 g/mol. The summed E-state index contributed by atoms with van der Waals surface area (Å²) in [5, 5.41) is 0. The van der Waals surface area contributed by atoms with E-state index >= 15 is 0 Å². The molecule has 0 aliphatic carbocycles. The second kappa shape index (κ2) is 4.24. The molecule has 1 aromatic rings. The molecule has 30 heavy (non-hydrogen) atoms. The molecule has 8 fully saturated rings. The van der Waals surface area contributed by atoms with Crippen LogP contribution in [0.2, 0.25) is 0 Å². The number of nitrogens with two attached hydrogens (primary N) is 2. The molecule has 8 aliphatic rings. The van der Waals surface area contributed by atoms with Crippen LogP contribution in [0.5, 0.6) is 0 Å². The molecule has 0 saturated carbocycles. The van der Waals surface area contributed by atoms with Gasteiger partial charge in [0.05, 0.1) is 5.92 Å². The number of hydrogen-bond acceptors (Lipinski definition) is 10. The fraction of sp³-hybridized carbons (Fsp3) is 0.700. The fourth-order valence-corrected chi connectivity index (χ4v) is 5.50. The lowest BCUT2D eigenvalue weighted by molar-refractivity contribution is 0.239. The van der Waals surface area contributed by atoms with Gasteiger partial charge in [0.2, 0.25) is 23.1 Å². The van der Waals surface area contributed by atoms with Crippen LogP contribution in [-0.2, 0) is 37.9 Å². The molecule has 4 N–H and O–H groups in total. The molecule has 158 valence electrons. The average molecular weight is 416 g/mol. The summed E-state index contributed by atoms with van der Waals surface area (Å²) in [6, 6.07) is 0. The van der Waals surface area contributed by atoms with Crippen LogP contribution in [0.15, 0.2) is 0 Å². The van der Waals surface area contributed by atoms with E-state index in [0.717, 1.165) is 22.3 Å². The van der Waals surface area contributed by atoms with Crippen LogP contribution in [0.4, 0.5) is 11.4 Å². The summed E-state index contributed by atoms with van der Waals surface area (Å²) < 4.78 is 46.3. The third-order valence-electron chi connectivity index (χ3n) is 7.92. The first-order chi connectivity index (χ1) is 14.4. The zero-order valence-corrected chi connectivity index (χ0v) is 16.1. The molecule has 8 unspecified atom stereocenters. The molecule has 0 radical (unpaired) electrons. The van der Waals surface area contributed by atoms with Crippen LogP contribution in [0.1, 0.15) is 40.4 Å². The number of hydrogen-bond donors (Lipinski definition) is 2. The van der Waals surface area contributed by atoms with Gasteiger partial charge in [-0.2, -0.15) is 0 Å². The maximum atomic E-state index is 6.74. The monoisotopic (exact) mass is 416 g/mol. The summed E-state index contributed by atoms with van der Waals surface area (Å²) in [6.45, 7) is 4.23. The van der Waals surface area contributed by atoms with Crippen LogP contribution in [0.25, 0.3) is 0 Å². The van der Waals surface area contributed by atoms with Crippen molar-refractivity contribution in [2.24, 2.45) is 0 Å². The third-order valence-corrected chi connectivity index (χ3v) is 7.92. The largest absolute Gasteiger partial charge is 0.398 e.